The third kappa shape index (κ3) is 2.67. The lowest BCUT2D eigenvalue weighted by Gasteiger charge is -2.18. The van der Waals surface area contributed by atoms with E-state index in [0.717, 1.165) is 0 Å². The van der Waals surface area contributed by atoms with Gasteiger partial charge >= 0.3 is 0 Å². The van der Waals surface area contributed by atoms with Crippen LogP contribution in [0.4, 0.5) is 0 Å². The molecule has 7 nitrogen and oxygen atoms in total. The first kappa shape index (κ1) is 17.2. The van der Waals surface area contributed by atoms with Gasteiger partial charge < -0.3 is 20.1 Å². The van der Waals surface area contributed by atoms with Crippen molar-refractivity contribution in [2.45, 2.75) is 24.5 Å². The zero-order valence-corrected chi connectivity index (χ0v) is 14.7. The summed E-state index contributed by atoms with van der Waals surface area (Å²) in [6, 6.07) is 5.03. The quantitative estimate of drug-likeness (QED) is 0.605. The second-order valence-electron chi connectivity index (χ2n) is 5.77. The first-order valence-corrected chi connectivity index (χ1v) is 8.50. The van der Waals surface area contributed by atoms with Gasteiger partial charge in [0.15, 0.2) is 11.9 Å². The van der Waals surface area contributed by atoms with E-state index in [1.807, 2.05) is 0 Å². The second-order valence-corrected chi connectivity index (χ2v) is 6.92. The van der Waals surface area contributed by atoms with Gasteiger partial charge in [-0.15, -0.1) is 0 Å². The number of benzene rings is 1. The molecule has 10 heteroatoms. The number of halogens is 3. The Morgan fingerprint density at radius 3 is 2.44 bits per heavy atom. The summed E-state index contributed by atoms with van der Waals surface area (Å²) in [4.78, 5) is 8.58. The molecule has 1 aromatic carbocycles. The van der Waals surface area contributed by atoms with E-state index in [1.165, 1.54) is 4.57 Å². The van der Waals surface area contributed by atoms with Crippen LogP contribution in [0.5, 0.6) is 0 Å². The molecule has 0 aliphatic carbocycles. The van der Waals surface area contributed by atoms with Crippen molar-refractivity contribution in [3.8, 4) is 0 Å². The van der Waals surface area contributed by atoms with Gasteiger partial charge in [0.1, 0.15) is 18.3 Å². The molecule has 25 heavy (non-hydrogen) atoms. The van der Waals surface area contributed by atoms with Crippen LogP contribution in [0.15, 0.2) is 18.2 Å². The Kier molecular flexibility index (Phi) is 4.28. The van der Waals surface area contributed by atoms with Crippen LogP contribution < -0.4 is 0 Å². The molecular formula is C15H12Cl3N3O4. The van der Waals surface area contributed by atoms with Crippen molar-refractivity contribution in [2.75, 3.05) is 6.61 Å². The number of imidazole rings is 1. The number of aliphatic hydroxyl groups excluding tert-OH is 3. The third-order valence-electron chi connectivity index (χ3n) is 4.25. The Hall–Kier alpha value is -1.19. The Labute approximate surface area is 156 Å². The van der Waals surface area contributed by atoms with Gasteiger partial charge in [0.2, 0.25) is 5.28 Å². The van der Waals surface area contributed by atoms with Crippen molar-refractivity contribution >= 4 is 56.9 Å². The van der Waals surface area contributed by atoms with E-state index in [-0.39, 0.29) is 5.28 Å². The Bertz CT molecular complexity index is 980. The summed E-state index contributed by atoms with van der Waals surface area (Å²) in [6.07, 6.45) is -4.46. The molecule has 0 saturated carbocycles. The first-order chi connectivity index (χ1) is 11.9. The lowest BCUT2D eigenvalue weighted by Crippen LogP contribution is -2.33. The van der Waals surface area contributed by atoms with Crippen molar-refractivity contribution in [3.05, 3.63) is 33.5 Å². The molecule has 132 valence electrons. The molecule has 3 aromatic rings. The molecule has 3 heterocycles. The Morgan fingerprint density at radius 2 is 1.76 bits per heavy atom. The van der Waals surface area contributed by atoms with Gasteiger partial charge in [0.25, 0.3) is 0 Å². The highest BCUT2D eigenvalue weighted by Crippen LogP contribution is 2.36. The van der Waals surface area contributed by atoms with Crippen LogP contribution in [-0.2, 0) is 4.74 Å². The Morgan fingerprint density at radius 1 is 1.04 bits per heavy atom. The average molecular weight is 405 g/mol. The van der Waals surface area contributed by atoms with E-state index in [9.17, 15) is 15.3 Å². The molecule has 2 aromatic heterocycles. The Balaban J connectivity index is 1.91. The summed E-state index contributed by atoms with van der Waals surface area (Å²) in [6.45, 7) is -0.436. The molecule has 0 spiro atoms. The van der Waals surface area contributed by atoms with Crippen molar-refractivity contribution in [1.82, 2.24) is 14.5 Å². The van der Waals surface area contributed by atoms with E-state index in [4.69, 9.17) is 39.5 Å². The van der Waals surface area contributed by atoms with Gasteiger partial charge in [0, 0.05) is 5.39 Å². The number of hydrogen-bond donors (Lipinski definition) is 3. The fraction of sp³-hybridized carbons (Fsp3) is 0.333. The SMILES string of the molecule is OC[C@H]1OC(n2c(Cl)nc3nc4cc(Cl)c(Cl)cc4cc32)[C@H](O)[C@@H]1O. The van der Waals surface area contributed by atoms with E-state index < -0.39 is 31.1 Å². The van der Waals surface area contributed by atoms with E-state index in [2.05, 4.69) is 9.97 Å². The van der Waals surface area contributed by atoms with E-state index in [1.54, 1.807) is 18.2 Å². The highest BCUT2D eigenvalue weighted by Gasteiger charge is 2.44. The van der Waals surface area contributed by atoms with Gasteiger partial charge in [-0.25, -0.2) is 4.98 Å². The van der Waals surface area contributed by atoms with Gasteiger partial charge in [-0.1, -0.05) is 23.2 Å². The number of aromatic nitrogens is 3. The third-order valence-corrected chi connectivity index (χ3v) is 5.23. The van der Waals surface area contributed by atoms with Crippen LogP contribution in [0.2, 0.25) is 15.3 Å². The minimum Gasteiger partial charge on any atom is -0.394 e. The largest absolute Gasteiger partial charge is 0.394 e. The van der Waals surface area contributed by atoms with Gasteiger partial charge in [-0.3, -0.25) is 4.57 Å². The summed E-state index contributed by atoms with van der Waals surface area (Å²) in [7, 11) is 0. The fourth-order valence-electron chi connectivity index (χ4n) is 2.98. The molecule has 1 aliphatic heterocycles. The van der Waals surface area contributed by atoms with Crippen LogP contribution in [-0.4, -0.2) is 54.8 Å². The topological polar surface area (TPSA) is 101 Å². The minimum absolute atomic E-state index is 0.0323. The summed E-state index contributed by atoms with van der Waals surface area (Å²) < 4.78 is 6.96. The molecule has 1 fully saturated rings. The highest BCUT2D eigenvalue weighted by molar-refractivity contribution is 6.42. The van der Waals surface area contributed by atoms with Gasteiger partial charge in [-0.05, 0) is 29.8 Å². The number of hydrogen-bond acceptors (Lipinski definition) is 6. The number of ether oxygens (including phenoxy) is 1. The molecule has 3 N–H and O–H groups in total. The summed E-state index contributed by atoms with van der Waals surface area (Å²) in [5.74, 6) is 0. The summed E-state index contributed by atoms with van der Waals surface area (Å²) >= 11 is 18.3. The van der Waals surface area contributed by atoms with E-state index in [0.29, 0.717) is 32.1 Å². The summed E-state index contributed by atoms with van der Waals surface area (Å²) in [5, 5.41) is 31.0. The smallest absolute Gasteiger partial charge is 0.207 e. The van der Waals surface area contributed by atoms with Crippen molar-refractivity contribution in [1.29, 1.82) is 0 Å². The number of aliphatic hydroxyl groups is 3. The van der Waals surface area contributed by atoms with E-state index >= 15 is 0 Å². The minimum atomic E-state index is -1.28. The normalized spacial score (nSPS) is 26.8. The standard InChI is InChI=1S/C15H12Cl3N3O4/c16-6-1-5-2-9-13(19-8(5)3-7(6)17)20-15(18)21(9)14-12(24)11(23)10(4-22)25-14/h1-3,10-12,14,22-24H,4H2/t10-,11-,12-,14?/m1/s1. The maximum absolute atomic E-state index is 10.3. The second kappa shape index (κ2) is 6.21. The highest BCUT2D eigenvalue weighted by atomic mass is 35.5. The molecule has 4 rings (SSSR count). The van der Waals surface area contributed by atoms with Crippen LogP contribution >= 0.6 is 34.8 Å². The van der Waals surface area contributed by atoms with Crippen LogP contribution in [0, 0.1) is 0 Å². The van der Waals surface area contributed by atoms with Crippen LogP contribution in [0.3, 0.4) is 0 Å². The van der Waals surface area contributed by atoms with Crippen LogP contribution in [0.1, 0.15) is 6.23 Å². The molecule has 1 saturated heterocycles. The number of pyridine rings is 1. The lowest BCUT2D eigenvalue weighted by atomic mass is 10.1. The lowest BCUT2D eigenvalue weighted by molar-refractivity contribution is -0.0507. The molecule has 0 radical (unpaired) electrons. The monoisotopic (exact) mass is 403 g/mol. The average Bonchev–Trinajstić information content (AvgIpc) is 3.03. The number of nitrogens with zero attached hydrogens (tertiary/aromatic N) is 3. The molecule has 1 unspecified atom stereocenters. The molecule has 0 amide bonds. The zero-order valence-electron chi connectivity index (χ0n) is 12.5. The number of fused-ring (bicyclic) bond motifs is 2. The maximum Gasteiger partial charge on any atom is 0.207 e. The van der Waals surface area contributed by atoms with Gasteiger partial charge in [-0.2, -0.15) is 4.98 Å². The van der Waals surface area contributed by atoms with Crippen LogP contribution in [0.25, 0.3) is 22.1 Å². The van der Waals surface area contributed by atoms with Crippen molar-refractivity contribution in [3.63, 3.8) is 0 Å². The first-order valence-electron chi connectivity index (χ1n) is 7.36. The fourth-order valence-corrected chi connectivity index (χ4v) is 3.58. The summed E-state index contributed by atoms with van der Waals surface area (Å²) in [5.41, 5.74) is 1.41. The predicted molar refractivity (Wildman–Crippen MR) is 93.1 cm³/mol. The zero-order chi connectivity index (χ0) is 17.9. The molecule has 4 atom stereocenters. The molecule has 1 aliphatic rings. The number of rotatable bonds is 2. The molecule has 0 bridgehead atoms. The maximum atomic E-state index is 10.3. The molecular weight excluding hydrogens is 393 g/mol. The van der Waals surface area contributed by atoms with Crippen molar-refractivity contribution < 1.29 is 20.1 Å². The van der Waals surface area contributed by atoms with Gasteiger partial charge in [0.05, 0.1) is 27.7 Å². The predicted octanol–water partition coefficient (Wildman–Crippen LogP) is 2.16. The van der Waals surface area contributed by atoms with Crippen molar-refractivity contribution in [2.24, 2.45) is 0 Å².